The van der Waals surface area contributed by atoms with E-state index in [0.29, 0.717) is 5.76 Å². The second kappa shape index (κ2) is 7.79. The minimum absolute atomic E-state index is 0.159. The first-order valence-electron chi connectivity index (χ1n) is 8.16. The molecule has 0 aliphatic heterocycles. The zero-order valence-electron chi connectivity index (χ0n) is 14.6. The molecule has 0 fully saturated rings. The lowest BCUT2D eigenvalue weighted by atomic mass is 10.2. The van der Waals surface area contributed by atoms with E-state index >= 15 is 0 Å². The van der Waals surface area contributed by atoms with E-state index in [9.17, 15) is 10.2 Å². The van der Waals surface area contributed by atoms with Crippen molar-refractivity contribution in [3.05, 3.63) is 72.5 Å². The third-order valence-electron chi connectivity index (χ3n) is 4.18. The molecule has 4 heteroatoms. The smallest absolute Gasteiger partial charge is 0.319 e. The molecule has 128 valence electrons. The van der Waals surface area contributed by atoms with Crippen molar-refractivity contribution in [1.82, 2.24) is 0 Å². The van der Waals surface area contributed by atoms with Crippen molar-refractivity contribution in [2.24, 2.45) is 0 Å². The molecule has 0 heterocycles. The molecule has 0 amide bonds. The summed E-state index contributed by atoms with van der Waals surface area (Å²) < 4.78 is 6.55. The molecule has 0 aromatic heterocycles. The van der Waals surface area contributed by atoms with Crippen LogP contribution in [0, 0.1) is 0 Å². The fourth-order valence-corrected chi connectivity index (χ4v) is 7.56. The summed E-state index contributed by atoms with van der Waals surface area (Å²) in [5.41, 5.74) is 0. The Morgan fingerprint density at radius 3 is 1.71 bits per heavy atom. The fourth-order valence-electron chi connectivity index (χ4n) is 3.09. The molecular weight excluding hydrogens is 316 g/mol. The third-order valence-corrected chi connectivity index (χ3v) is 9.15. The van der Waals surface area contributed by atoms with Crippen LogP contribution in [0.5, 0.6) is 0 Å². The summed E-state index contributed by atoms with van der Waals surface area (Å²) in [5.74, 6) is 0.423. The summed E-state index contributed by atoms with van der Waals surface area (Å²) in [6, 6.07) is 20.4. The molecule has 2 aromatic rings. The molecule has 0 unspecified atom stereocenters. The van der Waals surface area contributed by atoms with Gasteiger partial charge in [-0.15, -0.1) is 0 Å². The van der Waals surface area contributed by atoms with E-state index in [1.807, 2.05) is 36.4 Å². The van der Waals surface area contributed by atoms with Crippen molar-refractivity contribution in [2.45, 2.75) is 25.8 Å². The average Bonchev–Trinajstić information content (AvgIpc) is 2.59. The SMILES string of the molecule is CC(C)(C)[Si](O/C(=C\CO)CO)(c1ccccc1)c1ccccc1. The normalized spacial score (nSPS) is 13.0. The summed E-state index contributed by atoms with van der Waals surface area (Å²) in [6.07, 6.45) is 1.54. The van der Waals surface area contributed by atoms with E-state index < -0.39 is 8.32 Å². The minimum Gasteiger partial charge on any atom is -0.535 e. The van der Waals surface area contributed by atoms with Crippen LogP contribution in [0.2, 0.25) is 5.04 Å². The van der Waals surface area contributed by atoms with Crippen molar-refractivity contribution >= 4 is 18.7 Å². The van der Waals surface area contributed by atoms with Gasteiger partial charge in [-0.3, -0.25) is 0 Å². The molecule has 2 N–H and O–H groups in total. The lowest BCUT2D eigenvalue weighted by Gasteiger charge is -2.43. The van der Waals surface area contributed by atoms with Gasteiger partial charge < -0.3 is 14.6 Å². The molecule has 0 radical (unpaired) electrons. The van der Waals surface area contributed by atoms with Gasteiger partial charge in [0.25, 0.3) is 0 Å². The maximum Gasteiger partial charge on any atom is 0.319 e. The number of aliphatic hydroxyl groups excluding tert-OH is 2. The van der Waals surface area contributed by atoms with Crippen LogP contribution in [-0.4, -0.2) is 31.7 Å². The van der Waals surface area contributed by atoms with Crippen molar-refractivity contribution < 1.29 is 14.6 Å². The first-order valence-corrected chi connectivity index (χ1v) is 10.1. The van der Waals surface area contributed by atoms with Crippen molar-refractivity contribution in [3.63, 3.8) is 0 Å². The largest absolute Gasteiger partial charge is 0.535 e. The van der Waals surface area contributed by atoms with Crippen LogP contribution in [0.15, 0.2) is 72.5 Å². The number of rotatable bonds is 6. The Balaban J connectivity index is 2.73. The van der Waals surface area contributed by atoms with Gasteiger partial charge in [-0.05, 0) is 21.5 Å². The van der Waals surface area contributed by atoms with Crippen LogP contribution in [0.3, 0.4) is 0 Å². The number of benzene rings is 2. The molecule has 0 saturated heterocycles. The van der Waals surface area contributed by atoms with Gasteiger partial charge in [-0.25, -0.2) is 0 Å². The van der Waals surface area contributed by atoms with E-state index in [1.54, 1.807) is 6.08 Å². The predicted octanol–water partition coefficient (Wildman–Crippen LogP) is 2.43. The molecule has 0 atom stereocenters. The van der Waals surface area contributed by atoms with E-state index in [2.05, 4.69) is 45.0 Å². The second-order valence-electron chi connectivity index (χ2n) is 6.78. The summed E-state index contributed by atoms with van der Waals surface area (Å²) in [7, 11) is -2.71. The van der Waals surface area contributed by atoms with E-state index in [-0.39, 0.29) is 18.3 Å². The number of aliphatic hydroxyl groups is 2. The van der Waals surface area contributed by atoms with E-state index in [1.165, 1.54) is 0 Å². The maximum atomic E-state index is 9.70. The van der Waals surface area contributed by atoms with Gasteiger partial charge in [0.05, 0.1) is 13.2 Å². The highest BCUT2D eigenvalue weighted by atomic mass is 28.4. The Morgan fingerprint density at radius 1 is 0.917 bits per heavy atom. The topological polar surface area (TPSA) is 49.7 Å². The van der Waals surface area contributed by atoms with Crippen LogP contribution in [-0.2, 0) is 4.43 Å². The zero-order valence-corrected chi connectivity index (χ0v) is 15.6. The minimum atomic E-state index is -2.71. The Kier molecular flexibility index (Phi) is 5.99. The van der Waals surface area contributed by atoms with Gasteiger partial charge in [-0.2, -0.15) is 0 Å². The monoisotopic (exact) mass is 342 g/mol. The average molecular weight is 343 g/mol. The second-order valence-corrected chi connectivity index (χ2v) is 11.0. The van der Waals surface area contributed by atoms with Gasteiger partial charge in [-0.1, -0.05) is 81.4 Å². The highest BCUT2D eigenvalue weighted by molar-refractivity contribution is 6.99. The van der Waals surface area contributed by atoms with Crippen LogP contribution in [0.1, 0.15) is 20.8 Å². The molecule has 0 aliphatic rings. The fraction of sp³-hybridized carbons (Fsp3) is 0.300. The molecule has 0 aliphatic carbocycles. The predicted molar refractivity (Wildman–Crippen MR) is 101 cm³/mol. The Bertz CT molecular complexity index is 621. The van der Waals surface area contributed by atoms with Gasteiger partial charge in [0, 0.05) is 0 Å². The maximum absolute atomic E-state index is 9.70. The van der Waals surface area contributed by atoms with Crippen LogP contribution in [0.25, 0.3) is 0 Å². The van der Waals surface area contributed by atoms with Gasteiger partial charge >= 0.3 is 8.32 Å². The number of hydrogen-bond donors (Lipinski definition) is 2. The zero-order chi connectivity index (χ0) is 17.6. The Hall–Kier alpha value is -1.88. The molecule has 24 heavy (non-hydrogen) atoms. The lowest BCUT2D eigenvalue weighted by Crippen LogP contribution is -2.66. The van der Waals surface area contributed by atoms with E-state index in [4.69, 9.17) is 4.43 Å². The van der Waals surface area contributed by atoms with Gasteiger partial charge in [0.15, 0.2) is 0 Å². The molecule has 0 spiro atoms. The third kappa shape index (κ3) is 3.61. The van der Waals surface area contributed by atoms with E-state index in [0.717, 1.165) is 10.4 Å². The molecular formula is C20H26O3Si. The van der Waals surface area contributed by atoms with Crippen molar-refractivity contribution in [2.75, 3.05) is 13.2 Å². The quantitative estimate of drug-likeness (QED) is 0.626. The van der Waals surface area contributed by atoms with Crippen molar-refractivity contribution in [1.29, 1.82) is 0 Å². The molecule has 0 bridgehead atoms. The Morgan fingerprint density at radius 2 is 1.38 bits per heavy atom. The first kappa shape index (κ1) is 18.5. The van der Waals surface area contributed by atoms with Crippen LogP contribution < -0.4 is 10.4 Å². The standard InChI is InChI=1S/C20H26O3Si/c1-20(2,3)24(18-10-6-4-7-11-18,19-12-8-5-9-13-19)23-17(16-22)14-15-21/h4-14,21-22H,15-16H2,1-3H3/b17-14-. The summed E-state index contributed by atoms with van der Waals surface area (Å²) in [5, 5.41) is 21.1. The summed E-state index contributed by atoms with van der Waals surface area (Å²) in [4.78, 5) is 0. The summed E-state index contributed by atoms with van der Waals surface area (Å²) in [6.45, 7) is 6.13. The highest BCUT2D eigenvalue weighted by Gasteiger charge is 2.52. The lowest BCUT2D eigenvalue weighted by molar-refractivity contribution is 0.249. The number of hydrogen-bond acceptors (Lipinski definition) is 3. The molecule has 3 nitrogen and oxygen atoms in total. The summed E-state index contributed by atoms with van der Waals surface area (Å²) >= 11 is 0. The first-order chi connectivity index (χ1) is 11.5. The van der Waals surface area contributed by atoms with Crippen LogP contribution in [0.4, 0.5) is 0 Å². The molecule has 2 aromatic carbocycles. The molecule has 0 saturated carbocycles. The van der Waals surface area contributed by atoms with Gasteiger partial charge in [0.2, 0.25) is 0 Å². The Labute approximate surface area is 145 Å². The molecule has 2 rings (SSSR count). The highest BCUT2D eigenvalue weighted by Crippen LogP contribution is 2.37. The van der Waals surface area contributed by atoms with Gasteiger partial charge in [0.1, 0.15) is 5.76 Å². The van der Waals surface area contributed by atoms with Crippen LogP contribution >= 0.6 is 0 Å². The van der Waals surface area contributed by atoms with Crippen molar-refractivity contribution in [3.8, 4) is 0 Å².